The molecule has 20 heavy (non-hydrogen) atoms. The first kappa shape index (κ1) is 13.8. The van der Waals surface area contributed by atoms with Gasteiger partial charge >= 0.3 is 5.69 Å². The van der Waals surface area contributed by atoms with Crippen LogP contribution in [-0.4, -0.2) is 20.0 Å². The van der Waals surface area contributed by atoms with Crippen LogP contribution < -0.4 is 22.7 Å². The first-order chi connectivity index (χ1) is 9.31. The molecule has 0 saturated heterocycles. The molecule has 0 atom stereocenters. The lowest BCUT2D eigenvalue weighted by molar-refractivity contribution is 0.1000. The van der Waals surface area contributed by atoms with Crippen molar-refractivity contribution in [1.82, 2.24) is 14.1 Å². The number of rotatable bonds is 2. The lowest BCUT2D eigenvalue weighted by atomic mass is 10.0. The molecule has 0 unspecified atom stereocenters. The van der Waals surface area contributed by atoms with Gasteiger partial charge in [0, 0.05) is 14.1 Å². The maximum Gasteiger partial charge on any atom is 0.332 e. The van der Waals surface area contributed by atoms with Gasteiger partial charge in [-0.05, 0) is 12.0 Å². The SMILES string of the molecule is CCc1c(C(N)=O)c(N)nc2c1c(=O)n(C)c(=O)n2C. The summed E-state index contributed by atoms with van der Waals surface area (Å²) in [7, 11) is 2.85. The molecule has 106 valence electrons. The predicted molar refractivity (Wildman–Crippen MR) is 74.5 cm³/mol. The van der Waals surface area contributed by atoms with Crippen molar-refractivity contribution in [2.75, 3.05) is 5.73 Å². The van der Waals surface area contributed by atoms with Crippen molar-refractivity contribution >= 4 is 22.8 Å². The van der Waals surface area contributed by atoms with Crippen molar-refractivity contribution in [3.63, 3.8) is 0 Å². The Balaban J connectivity index is 3.22. The molecular formula is C12H15N5O3. The summed E-state index contributed by atoms with van der Waals surface area (Å²) in [4.78, 5) is 39.7. The summed E-state index contributed by atoms with van der Waals surface area (Å²) in [6.45, 7) is 1.77. The summed E-state index contributed by atoms with van der Waals surface area (Å²) in [5.74, 6) is -0.824. The number of primary amides is 1. The number of aryl methyl sites for hydroxylation is 2. The van der Waals surface area contributed by atoms with Gasteiger partial charge in [0.2, 0.25) is 0 Å². The quantitative estimate of drug-likeness (QED) is 0.718. The van der Waals surface area contributed by atoms with Crippen LogP contribution in [0.1, 0.15) is 22.8 Å². The summed E-state index contributed by atoms with van der Waals surface area (Å²) in [5, 5.41) is 0.195. The van der Waals surface area contributed by atoms with Gasteiger partial charge in [-0.3, -0.25) is 18.7 Å². The number of carbonyl (C=O) groups is 1. The standard InChI is InChI=1S/C12H15N5O3/c1-4-5-6(9(14)18)8(13)15-10-7(5)11(19)17(3)12(20)16(10)2/h4H2,1-3H3,(H2,13,15)(H2,14,18). The topological polar surface area (TPSA) is 126 Å². The number of nitrogen functional groups attached to an aromatic ring is 1. The van der Waals surface area contributed by atoms with Crippen molar-refractivity contribution in [2.24, 2.45) is 19.8 Å². The van der Waals surface area contributed by atoms with Gasteiger partial charge in [0.1, 0.15) is 5.82 Å². The Morgan fingerprint density at radius 2 is 1.85 bits per heavy atom. The largest absolute Gasteiger partial charge is 0.383 e. The van der Waals surface area contributed by atoms with E-state index in [4.69, 9.17) is 11.5 Å². The monoisotopic (exact) mass is 277 g/mol. The van der Waals surface area contributed by atoms with Crippen molar-refractivity contribution in [2.45, 2.75) is 13.3 Å². The number of hydrogen-bond donors (Lipinski definition) is 2. The molecule has 0 aliphatic carbocycles. The van der Waals surface area contributed by atoms with Gasteiger partial charge in [-0.2, -0.15) is 0 Å². The molecule has 8 nitrogen and oxygen atoms in total. The molecule has 0 aliphatic heterocycles. The van der Waals surface area contributed by atoms with Gasteiger partial charge in [0.25, 0.3) is 11.5 Å². The maximum absolute atomic E-state index is 12.3. The third-order valence-electron chi connectivity index (χ3n) is 3.32. The number of nitrogens with zero attached hydrogens (tertiary/aromatic N) is 3. The third kappa shape index (κ3) is 1.68. The van der Waals surface area contributed by atoms with Crippen LogP contribution in [0.4, 0.5) is 5.82 Å². The second-order valence-electron chi connectivity index (χ2n) is 4.47. The van der Waals surface area contributed by atoms with E-state index in [1.807, 2.05) is 0 Å². The van der Waals surface area contributed by atoms with E-state index in [0.29, 0.717) is 12.0 Å². The minimum atomic E-state index is -0.746. The van der Waals surface area contributed by atoms with Crippen LogP contribution in [-0.2, 0) is 20.5 Å². The zero-order valence-electron chi connectivity index (χ0n) is 11.4. The highest BCUT2D eigenvalue weighted by atomic mass is 16.2. The second-order valence-corrected chi connectivity index (χ2v) is 4.47. The normalized spacial score (nSPS) is 10.9. The van der Waals surface area contributed by atoms with E-state index in [1.165, 1.54) is 18.7 Å². The van der Waals surface area contributed by atoms with Crippen molar-refractivity contribution < 1.29 is 4.79 Å². The summed E-state index contributed by atoms with van der Waals surface area (Å²) >= 11 is 0. The van der Waals surface area contributed by atoms with E-state index in [0.717, 1.165) is 4.57 Å². The molecule has 2 aromatic heterocycles. The lowest BCUT2D eigenvalue weighted by Crippen LogP contribution is -2.38. The third-order valence-corrected chi connectivity index (χ3v) is 3.32. The summed E-state index contributed by atoms with van der Waals surface area (Å²) in [6, 6.07) is 0. The van der Waals surface area contributed by atoms with Crippen LogP contribution in [0.15, 0.2) is 9.59 Å². The number of pyridine rings is 1. The average molecular weight is 277 g/mol. The van der Waals surface area contributed by atoms with Gasteiger partial charge in [-0.1, -0.05) is 6.92 Å². The molecule has 0 spiro atoms. The summed E-state index contributed by atoms with van der Waals surface area (Å²) in [5.41, 5.74) is 10.6. The Morgan fingerprint density at radius 3 is 2.35 bits per heavy atom. The molecule has 4 N–H and O–H groups in total. The number of fused-ring (bicyclic) bond motifs is 1. The molecule has 0 fully saturated rings. The first-order valence-corrected chi connectivity index (χ1v) is 5.99. The highest BCUT2D eigenvalue weighted by molar-refractivity contribution is 6.03. The van der Waals surface area contributed by atoms with Crippen LogP contribution in [0.2, 0.25) is 0 Å². The van der Waals surface area contributed by atoms with Crippen LogP contribution in [0.3, 0.4) is 0 Å². The van der Waals surface area contributed by atoms with E-state index in [-0.39, 0.29) is 22.4 Å². The lowest BCUT2D eigenvalue weighted by Gasteiger charge is -2.13. The molecule has 2 aromatic rings. The van der Waals surface area contributed by atoms with Crippen LogP contribution >= 0.6 is 0 Å². The zero-order chi connectivity index (χ0) is 15.2. The van der Waals surface area contributed by atoms with Gasteiger partial charge in [0.15, 0.2) is 5.65 Å². The van der Waals surface area contributed by atoms with E-state index in [9.17, 15) is 14.4 Å². The Kier molecular flexibility index (Phi) is 3.09. The molecule has 0 radical (unpaired) electrons. The Labute approximate surface area is 113 Å². The van der Waals surface area contributed by atoms with Crippen LogP contribution in [0, 0.1) is 0 Å². The summed E-state index contributed by atoms with van der Waals surface area (Å²) in [6.07, 6.45) is 0.370. The number of hydrogen-bond acceptors (Lipinski definition) is 5. The van der Waals surface area contributed by atoms with Crippen LogP contribution in [0.5, 0.6) is 0 Å². The van der Waals surface area contributed by atoms with Gasteiger partial charge in [-0.15, -0.1) is 0 Å². The fourth-order valence-corrected chi connectivity index (χ4v) is 2.31. The second kappa shape index (κ2) is 4.48. The minimum absolute atomic E-state index is 0.0377. The highest BCUT2D eigenvalue weighted by Gasteiger charge is 2.21. The smallest absolute Gasteiger partial charge is 0.332 e. The molecule has 0 aromatic carbocycles. The average Bonchev–Trinajstić information content (AvgIpc) is 2.40. The van der Waals surface area contributed by atoms with Gasteiger partial charge in [-0.25, -0.2) is 9.78 Å². The number of nitrogens with two attached hydrogens (primary N) is 2. The number of aromatic nitrogens is 3. The Hall–Kier alpha value is -2.64. The summed E-state index contributed by atoms with van der Waals surface area (Å²) < 4.78 is 2.18. The fourth-order valence-electron chi connectivity index (χ4n) is 2.31. The fraction of sp³-hybridized carbons (Fsp3) is 0.333. The number of anilines is 1. The van der Waals surface area contributed by atoms with E-state index in [1.54, 1.807) is 6.92 Å². The van der Waals surface area contributed by atoms with Crippen molar-refractivity contribution in [1.29, 1.82) is 0 Å². The zero-order valence-corrected chi connectivity index (χ0v) is 11.4. The molecule has 2 heterocycles. The minimum Gasteiger partial charge on any atom is -0.383 e. The van der Waals surface area contributed by atoms with E-state index in [2.05, 4.69) is 4.98 Å². The van der Waals surface area contributed by atoms with Crippen molar-refractivity contribution in [3.05, 3.63) is 32.0 Å². The predicted octanol–water partition coefficient (Wildman–Crippen LogP) is -1.12. The number of carbonyl (C=O) groups excluding carboxylic acids is 1. The Bertz CT molecular complexity index is 847. The molecule has 1 amide bonds. The van der Waals surface area contributed by atoms with Crippen LogP contribution in [0.25, 0.3) is 11.0 Å². The molecule has 2 rings (SSSR count). The molecule has 8 heteroatoms. The molecular weight excluding hydrogens is 262 g/mol. The number of amides is 1. The van der Waals surface area contributed by atoms with Gasteiger partial charge < -0.3 is 11.5 Å². The van der Waals surface area contributed by atoms with E-state index >= 15 is 0 Å². The molecule has 0 bridgehead atoms. The van der Waals surface area contributed by atoms with Gasteiger partial charge in [0.05, 0.1) is 10.9 Å². The maximum atomic E-state index is 12.3. The van der Waals surface area contributed by atoms with Crippen molar-refractivity contribution in [3.8, 4) is 0 Å². The van der Waals surface area contributed by atoms with E-state index < -0.39 is 17.2 Å². The highest BCUT2D eigenvalue weighted by Crippen LogP contribution is 2.22. The molecule has 0 aliphatic rings. The Morgan fingerprint density at radius 1 is 1.25 bits per heavy atom. The molecule has 0 saturated carbocycles. The first-order valence-electron chi connectivity index (χ1n) is 5.99.